The Bertz CT molecular complexity index is 1930. The van der Waals surface area contributed by atoms with E-state index >= 15 is 0 Å². The Morgan fingerprint density at radius 3 is 1.68 bits per heavy atom. The summed E-state index contributed by atoms with van der Waals surface area (Å²) in [4.78, 5) is 4.76. The van der Waals surface area contributed by atoms with E-state index in [1.807, 2.05) is 66.8 Å². The third-order valence-electron chi connectivity index (χ3n) is 8.76. The molecule has 3 aliphatic rings. The number of nitriles is 2. The van der Waals surface area contributed by atoms with Gasteiger partial charge in [0.25, 0.3) is 0 Å². The van der Waals surface area contributed by atoms with Crippen LogP contribution >= 0.6 is 0 Å². The largest absolute Gasteiger partial charge is 0.457 e. The number of nitrogens with zero attached hydrogens (tertiary/aromatic N) is 4. The first kappa shape index (κ1) is 29.7. The lowest BCUT2D eigenvalue weighted by Gasteiger charge is -2.37. The molecule has 0 radical (unpaired) electrons. The van der Waals surface area contributed by atoms with Crippen LogP contribution in [0.15, 0.2) is 144 Å². The van der Waals surface area contributed by atoms with E-state index in [-0.39, 0.29) is 5.57 Å². The number of para-hydroxylation sites is 2. The van der Waals surface area contributed by atoms with Crippen LogP contribution in [0.3, 0.4) is 0 Å². The molecule has 0 N–H and O–H groups in total. The Morgan fingerprint density at radius 2 is 1.15 bits per heavy atom. The maximum Gasteiger partial charge on any atom is 0.137 e. The van der Waals surface area contributed by atoms with E-state index in [1.165, 1.54) is 29.7 Å². The lowest BCUT2D eigenvalue weighted by Crippen LogP contribution is -2.34. The second-order valence-electron chi connectivity index (χ2n) is 11.9. The third-order valence-corrected chi connectivity index (χ3v) is 8.76. The van der Waals surface area contributed by atoms with E-state index in [4.69, 9.17) is 4.74 Å². The molecular weight excluding hydrogens is 576 g/mol. The van der Waals surface area contributed by atoms with Gasteiger partial charge in [0.2, 0.25) is 0 Å². The van der Waals surface area contributed by atoms with Crippen LogP contribution in [0.2, 0.25) is 0 Å². The molecule has 4 aromatic rings. The van der Waals surface area contributed by atoms with Gasteiger partial charge < -0.3 is 14.5 Å². The van der Waals surface area contributed by atoms with Crippen LogP contribution in [0.25, 0.3) is 12.2 Å². The molecule has 0 spiro atoms. The van der Waals surface area contributed by atoms with Gasteiger partial charge in [-0.3, -0.25) is 0 Å². The Hall–Kier alpha value is -6.04. The predicted molar refractivity (Wildman–Crippen MR) is 190 cm³/mol. The van der Waals surface area contributed by atoms with Crippen molar-refractivity contribution in [2.75, 3.05) is 22.9 Å². The Kier molecular flexibility index (Phi) is 8.54. The van der Waals surface area contributed by atoms with Gasteiger partial charge in [0.1, 0.15) is 29.2 Å². The van der Waals surface area contributed by atoms with Crippen LogP contribution in [0.1, 0.15) is 35.1 Å². The van der Waals surface area contributed by atoms with Gasteiger partial charge >= 0.3 is 0 Å². The third kappa shape index (κ3) is 6.52. The molecule has 0 saturated carbocycles. The lowest BCUT2D eigenvalue weighted by molar-refractivity contribution is 0.332. The quantitative estimate of drug-likeness (QED) is 0.195. The minimum atomic E-state index is 0.0506. The lowest BCUT2D eigenvalue weighted by atomic mass is 9.90. The molecule has 228 valence electrons. The first-order valence-corrected chi connectivity index (χ1v) is 16.1. The normalized spacial score (nSPS) is 15.3. The number of hydrogen-bond acceptors (Lipinski definition) is 5. The van der Waals surface area contributed by atoms with Crippen LogP contribution in [-0.4, -0.2) is 13.1 Å². The highest BCUT2D eigenvalue weighted by atomic mass is 16.5. The van der Waals surface area contributed by atoms with Gasteiger partial charge in [-0.1, -0.05) is 60.7 Å². The van der Waals surface area contributed by atoms with Crippen molar-refractivity contribution in [2.24, 2.45) is 0 Å². The SMILES string of the molecule is N#CC(C#N)=C1C=C(/C=C/c2ccc(N(c3ccccc3)c3ccccc3)cc2)OC(/C=C/c2cc3c4c(c2)CCCN4CCC3)=C1. The average molecular weight is 611 g/mol. The van der Waals surface area contributed by atoms with Crippen LogP contribution in [-0.2, 0) is 17.6 Å². The highest BCUT2D eigenvalue weighted by molar-refractivity contribution is 5.77. The van der Waals surface area contributed by atoms with Crippen LogP contribution in [0, 0.1) is 22.7 Å². The first-order chi connectivity index (χ1) is 23.2. The number of allylic oxidation sites excluding steroid dienone is 6. The van der Waals surface area contributed by atoms with Gasteiger partial charge in [-0.05, 0) is 121 Å². The minimum absolute atomic E-state index is 0.0506. The van der Waals surface area contributed by atoms with E-state index in [2.05, 4.69) is 76.5 Å². The van der Waals surface area contributed by atoms with Crippen molar-refractivity contribution in [1.82, 2.24) is 0 Å². The molecule has 0 fully saturated rings. The average Bonchev–Trinajstić information content (AvgIpc) is 3.12. The zero-order valence-electron chi connectivity index (χ0n) is 26.1. The fourth-order valence-electron chi connectivity index (χ4n) is 6.63. The highest BCUT2D eigenvalue weighted by Gasteiger charge is 2.24. The van der Waals surface area contributed by atoms with E-state index in [9.17, 15) is 10.5 Å². The molecule has 7 rings (SSSR count). The van der Waals surface area contributed by atoms with Crippen LogP contribution < -0.4 is 9.80 Å². The second-order valence-corrected chi connectivity index (χ2v) is 11.9. The minimum Gasteiger partial charge on any atom is -0.457 e. The summed E-state index contributed by atoms with van der Waals surface area (Å²) in [6.07, 6.45) is 16.0. The Labute approximate surface area is 276 Å². The molecule has 4 aromatic carbocycles. The molecule has 47 heavy (non-hydrogen) atoms. The molecule has 3 aliphatic heterocycles. The summed E-state index contributed by atoms with van der Waals surface area (Å²) < 4.78 is 6.25. The molecule has 0 aliphatic carbocycles. The molecule has 0 amide bonds. The summed E-state index contributed by atoms with van der Waals surface area (Å²) in [5.41, 5.74) is 10.2. The predicted octanol–water partition coefficient (Wildman–Crippen LogP) is 9.72. The van der Waals surface area contributed by atoms with Crippen LogP contribution in [0.4, 0.5) is 22.7 Å². The smallest absolute Gasteiger partial charge is 0.137 e. The zero-order valence-corrected chi connectivity index (χ0v) is 26.1. The summed E-state index contributed by atoms with van der Waals surface area (Å²) in [5.74, 6) is 1.13. The zero-order chi connectivity index (χ0) is 32.0. The monoisotopic (exact) mass is 610 g/mol. The van der Waals surface area contributed by atoms with E-state index in [0.29, 0.717) is 17.1 Å². The van der Waals surface area contributed by atoms with E-state index in [1.54, 1.807) is 12.2 Å². The summed E-state index contributed by atoms with van der Waals surface area (Å²) in [5, 5.41) is 19.3. The molecular formula is C42H34N4O. The summed E-state index contributed by atoms with van der Waals surface area (Å²) >= 11 is 0. The molecule has 5 nitrogen and oxygen atoms in total. The summed E-state index contributed by atoms with van der Waals surface area (Å²) in [7, 11) is 0. The topological polar surface area (TPSA) is 63.3 Å². The second kappa shape index (κ2) is 13.5. The number of anilines is 4. The van der Waals surface area contributed by atoms with Crippen molar-refractivity contribution < 1.29 is 4.74 Å². The van der Waals surface area contributed by atoms with Crippen molar-refractivity contribution in [2.45, 2.75) is 25.7 Å². The fourth-order valence-corrected chi connectivity index (χ4v) is 6.63. The maximum atomic E-state index is 9.63. The van der Waals surface area contributed by atoms with Crippen molar-refractivity contribution in [3.63, 3.8) is 0 Å². The number of hydrogen-bond donors (Lipinski definition) is 0. The molecule has 0 bridgehead atoms. The van der Waals surface area contributed by atoms with Crippen molar-refractivity contribution in [3.05, 3.63) is 166 Å². The van der Waals surface area contributed by atoms with Gasteiger partial charge in [-0.2, -0.15) is 10.5 Å². The molecule has 5 heteroatoms. The molecule has 0 saturated heterocycles. The summed E-state index contributed by atoms with van der Waals surface area (Å²) in [6.45, 7) is 2.30. The molecule has 0 unspecified atom stereocenters. The van der Waals surface area contributed by atoms with Gasteiger partial charge in [0, 0.05) is 41.4 Å². The molecule has 0 atom stereocenters. The maximum absolute atomic E-state index is 9.63. The first-order valence-electron chi connectivity index (χ1n) is 16.1. The Morgan fingerprint density at radius 1 is 0.638 bits per heavy atom. The number of ether oxygens (including phenoxy) is 1. The van der Waals surface area contributed by atoms with Crippen molar-refractivity contribution in [1.29, 1.82) is 10.5 Å². The summed E-state index contributed by atoms with van der Waals surface area (Å²) in [6, 6.07) is 37.6. The fraction of sp³-hybridized carbons (Fsp3) is 0.143. The standard InChI is InChI=1S/C42H34N4O/c43-29-36(30-44)35-27-40(47-41(28-35)22-18-32-25-33-9-7-23-45-24-8-10-34(26-32)42(33)45)21-17-31-15-19-39(20-16-31)46(37-11-3-1-4-12-37)38-13-5-2-6-14-38/h1-6,11-22,25-28H,7-10,23-24H2/b21-17+,22-18+. The highest BCUT2D eigenvalue weighted by Crippen LogP contribution is 2.37. The number of rotatable bonds is 7. The van der Waals surface area contributed by atoms with Gasteiger partial charge in [-0.25, -0.2) is 0 Å². The Balaban J connectivity index is 1.13. The van der Waals surface area contributed by atoms with Crippen molar-refractivity contribution in [3.8, 4) is 12.1 Å². The van der Waals surface area contributed by atoms with E-state index in [0.717, 1.165) is 54.1 Å². The number of aryl methyl sites for hydroxylation is 2. The number of benzene rings is 4. The van der Waals surface area contributed by atoms with E-state index < -0.39 is 0 Å². The van der Waals surface area contributed by atoms with Gasteiger partial charge in [-0.15, -0.1) is 0 Å². The molecule has 3 heterocycles. The van der Waals surface area contributed by atoms with Crippen molar-refractivity contribution >= 4 is 34.9 Å². The van der Waals surface area contributed by atoms with Gasteiger partial charge in [0.15, 0.2) is 0 Å². The van der Waals surface area contributed by atoms with Gasteiger partial charge in [0.05, 0.1) is 0 Å². The van der Waals surface area contributed by atoms with Crippen LogP contribution in [0.5, 0.6) is 0 Å². The molecule has 0 aromatic heterocycles.